The quantitative estimate of drug-likeness (QED) is 0.841. The molecule has 0 atom stereocenters. The van der Waals surface area contributed by atoms with E-state index in [1.165, 1.54) is 0 Å². The van der Waals surface area contributed by atoms with Crippen molar-refractivity contribution in [3.05, 3.63) is 23.8 Å². The van der Waals surface area contributed by atoms with Crippen molar-refractivity contribution in [3.8, 4) is 5.75 Å². The molecule has 1 aliphatic rings. The molecular weight excluding hydrogens is 244 g/mol. The van der Waals surface area contributed by atoms with Gasteiger partial charge in [0.25, 0.3) is 5.91 Å². The lowest BCUT2D eigenvalue weighted by molar-refractivity contribution is 0.0360. The molecule has 0 saturated carbocycles. The summed E-state index contributed by atoms with van der Waals surface area (Å²) in [6.45, 7) is 1.42. The van der Waals surface area contributed by atoms with Crippen LogP contribution in [0.15, 0.2) is 18.2 Å². The minimum atomic E-state index is -0.0382. The van der Waals surface area contributed by atoms with E-state index in [1.54, 1.807) is 30.2 Å². The van der Waals surface area contributed by atoms with Crippen LogP contribution in [0.3, 0.4) is 0 Å². The summed E-state index contributed by atoms with van der Waals surface area (Å²) < 4.78 is 10.5. The number of ether oxygens (including phenoxy) is 2. The zero-order chi connectivity index (χ0) is 13.8. The number of methoxy groups -OCH3 is 1. The molecule has 2 rings (SSSR count). The lowest BCUT2D eigenvalue weighted by Gasteiger charge is -2.31. The van der Waals surface area contributed by atoms with Gasteiger partial charge in [-0.25, -0.2) is 0 Å². The molecule has 1 amide bonds. The first kappa shape index (κ1) is 13.7. The maximum absolute atomic E-state index is 12.5. The smallest absolute Gasteiger partial charge is 0.257 e. The zero-order valence-corrected chi connectivity index (χ0v) is 11.4. The number of nitrogens with two attached hydrogens (primary N) is 1. The highest BCUT2D eigenvalue weighted by molar-refractivity contribution is 5.97. The van der Waals surface area contributed by atoms with Crippen molar-refractivity contribution in [2.75, 3.05) is 33.1 Å². The minimum Gasteiger partial charge on any atom is -0.496 e. The van der Waals surface area contributed by atoms with E-state index < -0.39 is 0 Å². The largest absolute Gasteiger partial charge is 0.496 e. The number of nitrogens with zero attached hydrogens (tertiary/aromatic N) is 1. The Morgan fingerprint density at radius 2 is 2.11 bits per heavy atom. The molecule has 1 aromatic carbocycles. The van der Waals surface area contributed by atoms with E-state index in [0.29, 0.717) is 30.2 Å². The Bertz CT molecular complexity index is 456. The highest BCUT2D eigenvalue weighted by atomic mass is 16.5. The van der Waals surface area contributed by atoms with Crippen LogP contribution in [0.1, 0.15) is 23.2 Å². The number of rotatable bonds is 3. The standard InChI is InChI=1S/C14H20N2O3/c1-16(11-5-7-19-8-6-11)14(17)12-4-3-10(15)9-13(12)18-2/h3-4,9,11H,5-8,15H2,1-2H3. The van der Waals surface area contributed by atoms with Gasteiger partial charge in [-0.05, 0) is 25.0 Å². The molecule has 5 heteroatoms. The van der Waals surface area contributed by atoms with Crippen LogP contribution in [0.5, 0.6) is 5.75 Å². The molecule has 5 nitrogen and oxygen atoms in total. The third-order valence-corrected chi connectivity index (χ3v) is 3.51. The van der Waals surface area contributed by atoms with Crippen molar-refractivity contribution in [1.29, 1.82) is 0 Å². The maximum atomic E-state index is 12.5. The molecular formula is C14H20N2O3. The Labute approximate surface area is 113 Å². The van der Waals surface area contributed by atoms with Gasteiger partial charge in [-0.1, -0.05) is 0 Å². The van der Waals surface area contributed by atoms with Crippen LogP contribution >= 0.6 is 0 Å². The first-order valence-corrected chi connectivity index (χ1v) is 6.42. The predicted octanol–water partition coefficient (Wildman–Crippen LogP) is 1.53. The first-order chi connectivity index (χ1) is 9.13. The predicted molar refractivity (Wildman–Crippen MR) is 73.3 cm³/mol. The van der Waals surface area contributed by atoms with E-state index in [4.69, 9.17) is 15.2 Å². The number of anilines is 1. The second-order valence-electron chi connectivity index (χ2n) is 4.72. The summed E-state index contributed by atoms with van der Waals surface area (Å²) in [5.74, 6) is 0.479. The normalized spacial score (nSPS) is 16.1. The number of nitrogen functional groups attached to an aromatic ring is 1. The molecule has 1 aromatic rings. The number of carbonyl (C=O) groups excluding carboxylic acids is 1. The van der Waals surface area contributed by atoms with Crippen molar-refractivity contribution in [3.63, 3.8) is 0 Å². The number of hydrogen-bond donors (Lipinski definition) is 1. The minimum absolute atomic E-state index is 0.0382. The van der Waals surface area contributed by atoms with Gasteiger partial charge in [0.15, 0.2) is 0 Å². The molecule has 0 unspecified atom stereocenters. The fraction of sp³-hybridized carbons (Fsp3) is 0.500. The summed E-state index contributed by atoms with van der Waals surface area (Å²) in [7, 11) is 3.37. The van der Waals surface area contributed by atoms with Gasteiger partial charge in [-0.15, -0.1) is 0 Å². The van der Waals surface area contributed by atoms with E-state index in [-0.39, 0.29) is 11.9 Å². The van der Waals surface area contributed by atoms with Gasteiger partial charge in [0.05, 0.1) is 12.7 Å². The van der Waals surface area contributed by atoms with E-state index >= 15 is 0 Å². The Balaban J connectivity index is 2.18. The molecule has 0 aliphatic carbocycles. The molecule has 1 fully saturated rings. The highest BCUT2D eigenvalue weighted by Crippen LogP contribution is 2.24. The van der Waals surface area contributed by atoms with Crippen LogP contribution in [0, 0.1) is 0 Å². The highest BCUT2D eigenvalue weighted by Gasteiger charge is 2.25. The third-order valence-electron chi connectivity index (χ3n) is 3.51. The Morgan fingerprint density at radius 1 is 1.42 bits per heavy atom. The fourth-order valence-corrected chi connectivity index (χ4v) is 2.31. The molecule has 19 heavy (non-hydrogen) atoms. The average molecular weight is 264 g/mol. The number of benzene rings is 1. The monoisotopic (exact) mass is 264 g/mol. The SMILES string of the molecule is COc1cc(N)ccc1C(=O)N(C)C1CCOCC1. The Morgan fingerprint density at radius 3 is 2.74 bits per heavy atom. The van der Waals surface area contributed by atoms with Crippen molar-refractivity contribution < 1.29 is 14.3 Å². The summed E-state index contributed by atoms with van der Waals surface area (Å²) >= 11 is 0. The van der Waals surface area contributed by atoms with Crippen LogP contribution in [-0.2, 0) is 4.74 Å². The molecule has 0 bridgehead atoms. The summed E-state index contributed by atoms with van der Waals surface area (Å²) in [6, 6.07) is 5.33. The van der Waals surface area contributed by atoms with E-state index in [9.17, 15) is 4.79 Å². The second-order valence-corrected chi connectivity index (χ2v) is 4.72. The summed E-state index contributed by atoms with van der Waals surface area (Å²) in [4.78, 5) is 14.3. The van der Waals surface area contributed by atoms with Gasteiger partial charge in [0.2, 0.25) is 0 Å². The van der Waals surface area contributed by atoms with Crippen LogP contribution < -0.4 is 10.5 Å². The molecule has 1 saturated heterocycles. The second kappa shape index (κ2) is 5.93. The van der Waals surface area contributed by atoms with Gasteiger partial charge >= 0.3 is 0 Å². The zero-order valence-electron chi connectivity index (χ0n) is 11.4. The lowest BCUT2D eigenvalue weighted by Crippen LogP contribution is -2.40. The molecule has 0 radical (unpaired) electrons. The van der Waals surface area contributed by atoms with Gasteiger partial charge in [0, 0.05) is 38.1 Å². The van der Waals surface area contributed by atoms with E-state index in [1.807, 2.05) is 7.05 Å². The molecule has 2 N–H and O–H groups in total. The summed E-state index contributed by atoms with van der Waals surface area (Å²) in [5, 5.41) is 0. The van der Waals surface area contributed by atoms with Crippen LogP contribution in [0.4, 0.5) is 5.69 Å². The third kappa shape index (κ3) is 2.98. The fourth-order valence-electron chi connectivity index (χ4n) is 2.31. The molecule has 1 aliphatic heterocycles. The summed E-state index contributed by atoms with van der Waals surface area (Å²) in [6.07, 6.45) is 1.75. The summed E-state index contributed by atoms with van der Waals surface area (Å²) in [5.41, 5.74) is 6.83. The van der Waals surface area contributed by atoms with E-state index in [0.717, 1.165) is 12.8 Å². The van der Waals surface area contributed by atoms with Crippen molar-refractivity contribution in [2.24, 2.45) is 0 Å². The first-order valence-electron chi connectivity index (χ1n) is 6.42. The van der Waals surface area contributed by atoms with Crippen molar-refractivity contribution in [2.45, 2.75) is 18.9 Å². The molecule has 0 aromatic heterocycles. The van der Waals surface area contributed by atoms with Crippen LogP contribution in [-0.4, -0.2) is 44.2 Å². The van der Waals surface area contributed by atoms with Gasteiger partial charge in [0.1, 0.15) is 5.75 Å². The van der Waals surface area contributed by atoms with Crippen molar-refractivity contribution >= 4 is 11.6 Å². The average Bonchev–Trinajstić information content (AvgIpc) is 2.46. The molecule has 104 valence electrons. The van der Waals surface area contributed by atoms with Gasteiger partial charge in [-0.3, -0.25) is 4.79 Å². The number of hydrogen-bond acceptors (Lipinski definition) is 4. The number of carbonyl (C=O) groups is 1. The molecule has 0 spiro atoms. The Hall–Kier alpha value is -1.75. The van der Waals surface area contributed by atoms with Gasteiger partial charge in [-0.2, -0.15) is 0 Å². The maximum Gasteiger partial charge on any atom is 0.257 e. The van der Waals surface area contributed by atoms with Crippen LogP contribution in [0.25, 0.3) is 0 Å². The van der Waals surface area contributed by atoms with E-state index in [2.05, 4.69) is 0 Å². The van der Waals surface area contributed by atoms with Crippen LogP contribution in [0.2, 0.25) is 0 Å². The molecule has 1 heterocycles. The van der Waals surface area contributed by atoms with Crippen molar-refractivity contribution in [1.82, 2.24) is 4.90 Å². The lowest BCUT2D eigenvalue weighted by atomic mass is 10.1. The van der Waals surface area contributed by atoms with Gasteiger partial charge < -0.3 is 20.1 Å². The Kier molecular flexibility index (Phi) is 4.27. The number of amides is 1. The topological polar surface area (TPSA) is 64.8 Å².